The van der Waals surface area contributed by atoms with Crippen LogP contribution in [0.25, 0.3) is 0 Å². The van der Waals surface area contributed by atoms with Crippen molar-refractivity contribution < 1.29 is 14.3 Å². The van der Waals surface area contributed by atoms with Crippen molar-refractivity contribution in [2.45, 2.75) is 19.3 Å². The van der Waals surface area contributed by atoms with E-state index in [1.807, 2.05) is 0 Å². The van der Waals surface area contributed by atoms with E-state index in [2.05, 4.69) is 18.7 Å². The zero-order chi connectivity index (χ0) is 13.2. The third kappa shape index (κ3) is 2.48. The molecular weight excluding hydrogens is 240 g/mol. The van der Waals surface area contributed by atoms with Crippen molar-refractivity contribution >= 4 is 5.97 Å². The molecule has 0 aromatic carbocycles. The van der Waals surface area contributed by atoms with Gasteiger partial charge >= 0.3 is 5.97 Å². The number of hydrogen-bond acceptors (Lipinski definition) is 3. The maximum atomic E-state index is 10.9. The zero-order valence-corrected chi connectivity index (χ0v) is 11.3. The average Bonchev–Trinajstić information content (AvgIpc) is 3.09. The topological polar surface area (TPSA) is 35.5 Å². The molecule has 5 unspecified atom stereocenters. The van der Waals surface area contributed by atoms with Crippen LogP contribution >= 0.6 is 0 Å². The highest BCUT2D eigenvalue weighted by molar-refractivity contribution is 5.81. The van der Waals surface area contributed by atoms with Crippen LogP contribution in [0.2, 0.25) is 0 Å². The largest absolute Gasteiger partial charge is 0.460 e. The van der Waals surface area contributed by atoms with E-state index in [0.29, 0.717) is 13.2 Å². The lowest BCUT2D eigenvalue weighted by atomic mass is 9.76. The van der Waals surface area contributed by atoms with Crippen molar-refractivity contribution in [2.75, 3.05) is 19.8 Å². The first kappa shape index (κ1) is 12.9. The van der Waals surface area contributed by atoms with Crippen molar-refractivity contribution in [3.8, 4) is 0 Å². The molecule has 2 bridgehead atoms. The Morgan fingerprint density at radius 3 is 3.05 bits per heavy atom. The summed E-state index contributed by atoms with van der Waals surface area (Å²) >= 11 is 0. The van der Waals surface area contributed by atoms with E-state index < -0.39 is 0 Å². The third-order valence-corrected chi connectivity index (χ3v) is 5.11. The first-order valence-corrected chi connectivity index (χ1v) is 7.33. The number of rotatable bonds is 6. The van der Waals surface area contributed by atoms with Crippen LogP contribution in [0.1, 0.15) is 19.3 Å². The maximum Gasteiger partial charge on any atom is 0.330 e. The molecule has 0 amide bonds. The van der Waals surface area contributed by atoms with E-state index in [0.717, 1.165) is 36.2 Å². The smallest absolute Gasteiger partial charge is 0.330 e. The Kier molecular flexibility index (Phi) is 3.74. The quantitative estimate of drug-likeness (QED) is 0.319. The molecule has 0 heterocycles. The van der Waals surface area contributed by atoms with E-state index in [4.69, 9.17) is 9.47 Å². The Balaban J connectivity index is 1.36. The minimum atomic E-state index is -0.372. The highest BCUT2D eigenvalue weighted by Crippen LogP contribution is 2.58. The lowest BCUT2D eigenvalue weighted by Crippen LogP contribution is -2.28. The van der Waals surface area contributed by atoms with Crippen LogP contribution in [0.4, 0.5) is 0 Å². The summed E-state index contributed by atoms with van der Waals surface area (Å²) in [6, 6.07) is 0. The standard InChI is InChI=1S/C16H22O3/c1-2-16(17)19-7-6-18-10-12-8-11-9-15(12)14-5-3-4-13(11)14/h2-4,11-15H,1,5-10H2. The lowest BCUT2D eigenvalue weighted by Gasteiger charge is -2.31. The molecule has 0 radical (unpaired) electrons. The molecule has 0 saturated heterocycles. The summed E-state index contributed by atoms with van der Waals surface area (Å²) in [7, 11) is 0. The van der Waals surface area contributed by atoms with Gasteiger partial charge in [-0.3, -0.25) is 0 Å². The normalized spacial score (nSPS) is 38.4. The molecular formula is C16H22O3. The predicted molar refractivity (Wildman–Crippen MR) is 72.4 cm³/mol. The second-order valence-electron chi connectivity index (χ2n) is 6.01. The zero-order valence-electron chi connectivity index (χ0n) is 11.3. The van der Waals surface area contributed by atoms with E-state index >= 15 is 0 Å². The summed E-state index contributed by atoms with van der Waals surface area (Å²) in [5.41, 5.74) is 0. The highest BCUT2D eigenvalue weighted by atomic mass is 16.6. The van der Waals surface area contributed by atoms with Gasteiger partial charge in [0, 0.05) is 12.7 Å². The van der Waals surface area contributed by atoms with Crippen molar-refractivity contribution in [3.63, 3.8) is 0 Å². The fourth-order valence-electron chi connectivity index (χ4n) is 4.39. The first-order valence-electron chi connectivity index (χ1n) is 7.33. The van der Waals surface area contributed by atoms with Crippen LogP contribution in [0, 0.1) is 29.6 Å². The molecule has 5 atom stereocenters. The molecule has 2 fully saturated rings. The maximum absolute atomic E-state index is 10.9. The fourth-order valence-corrected chi connectivity index (χ4v) is 4.39. The minimum Gasteiger partial charge on any atom is -0.460 e. The van der Waals surface area contributed by atoms with Gasteiger partial charge < -0.3 is 9.47 Å². The van der Waals surface area contributed by atoms with Gasteiger partial charge in [-0.25, -0.2) is 4.79 Å². The van der Waals surface area contributed by atoms with Gasteiger partial charge in [-0.2, -0.15) is 0 Å². The van der Waals surface area contributed by atoms with Gasteiger partial charge in [0.2, 0.25) is 0 Å². The molecule has 0 spiro atoms. The number of ether oxygens (including phenoxy) is 2. The molecule has 3 heteroatoms. The summed E-state index contributed by atoms with van der Waals surface area (Å²) in [6.07, 6.45) is 10.00. The molecule has 3 rings (SSSR count). The number of carbonyl (C=O) groups excluding carboxylic acids is 1. The fraction of sp³-hybridized carbons (Fsp3) is 0.688. The second-order valence-corrected chi connectivity index (χ2v) is 6.01. The lowest BCUT2D eigenvalue weighted by molar-refractivity contribution is -0.139. The summed E-state index contributed by atoms with van der Waals surface area (Å²) in [5.74, 6) is 3.88. The van der Waals surface area contributed by atoms with Gasteiger partial charge in [-0.15, -0.1) is 0 Å². The van der Waals surface area contributed by atoms with Gasteiger partial charge in [0.05, 0.1) is 6.61 Å². The summed E-state index contributed by atoms with van der Waals surface area (Å²) in [4.78, 5) is 10.9. The SMILES string of the molecule is C=CC(=O)OCCOCC1CC2CC1C1CC=CC21. The van der Waals surface area contributed by atoms with Crippen LogP contribution in [0.15, 0.2) is 24.8 Å². The highest BCUT2D eigenvalue weighted by Gasteiger charge is 2.52. The van der Waals surface area contributed by atoms with Crippen LogP contribution in [0.3, 0.4) is 0 Å². The molecule has 0 aliphatic heterocycles. The molecule has 3 aliphatic rings. The Labute approximate surface area is 114 Å². The van der Waals surface area contributed by atoms with E-state index in [1.54, 1.807) is 0 Å². The summed E-state index contributed by atoms with van der Waals surface area (Å²) in [5, 5.41) is 0. The second kappa shape index (κ2) is 5.49. The molecule has 0 aromatic rings. The molecule has 19 heavy (non-hydrogen) atoms. The monoisotopic (exact) mass is 262 g/mol. The van der Waals surface area contributed by atoms with Gasteiger partial charge in [0.25, 0.3) is 0 Å². The summed E-state index contributed by atoms with van der Waals surface area (Å²) < 4.78 is 10.6. The predicted octanol–water partition coefficient (Wildman–Crippen LogP) is 2.58. The van der Waals surface area contributed by atoms with Crippen molar-refractivity contribution in [1.82, 2.24) is 0 Å². The number of hydrogen-bond donors (Lipinski definition) is 0. The molecule has 0 aromatic heterocycles. The van der Waals surface area contributed by atoms with E-state index in [9.17, 15) is 4.79 Å². The number of fused-ring (bicyclic) bond motifs is 5. The minimum absolute atomic E-state index is 0.333. The van der Waals surface area contributed by atoms with Gasteiger partial charge in [-0.05, 0) is 48.9 Å². The van der Waals surface area contributed by atoms with Crippen molar-refractivity contribution in [2.24, 2.45) is 29.6 Å². The Morgan fingerprint density at radius 1 is 1.32 bits per heavy atom. The van der Waals surface area contributed by atoms with Crippen molar-refractivity contribution in [3.05, 3.63) is 24.8 Å². The van der Waals surface area contributed by atoms with Crippen LogP contribution in [-0.4, -0.2) is 25.8 Å². The van der Waals surface area contributed by atoms with E-state index in [1.165, 1.54) is 25.3 Å². The van der Waals surface area contributed by atoms with Crippen molar-refractivity contribution in [1.29, 1.82) is 0 Å². The van der Waals surface area contributed by atoms with E-state index in [-0.39, 0.29) is 5.97 Å². The number of esters is 1. The average molecular weight is 262 g/mol. The van der Waals surface area contributed by atoms with Crippen LogP contribution in [0.5, 0.6) is 0 Å². The first-order chi connectivity index (χ1) is 9.29. The summed E-state index contributed by atoms with van der Waals surface area (Å²) in [6.45, 7) is 5.02. The molecule has 0 N–H and O–H groups in total. The third-order valence-electron chi connectivity index (χ3n) is 5.11. The Bertz CT molecular complexity index is 387. The number of carbonyl (C=O) groups is 1. The molecule has 104 valence electrons. The van der Waals surface area contributed by atoms with Gasteiger partial charge in [0.1, 0.15) is 6.61 Å². The molecule has 3 aliphatic carbocycles. The molecule has 3 nitrogen and oxygen atoms in total. The molecule has 2 saturated carbocycles. The Hall–Kier alpha value is -1.09. The number of allylic oxidation sites excluding steroid dienone is 2. The Morgan fingerprint density at radius 2 is 2.21 bits per heavy atom. The van der Waals surface area contributed by atoms with Gasteiger partial charge in [0.15, 0.2) is 0 Å². The van der Waals surface area contributed by atoms with Crippen LogP contribution < -0.4 is 0 Å². The van der Waals surface area contributed by atoms with Gasteiger partial charge in [-0.1, -0.05) is 18.7 Å². The van der Waals surface area contributed by atoms with Crippen LogP contribution in [-0.2, 0) is 14.3 Å².